The lowest BCUT2D eigenvalue weighted by Crippen LogP contribution is -2.39. The van der Waals surface area contributed by atoms with E-state index in [1.165, 1.54) is 6.07 Å². The Hall–Kier alpha value is -4.00. The second kappa shape index (κ2) is 10.5. The molecule has 0 radical (unpaired) electrons. The number of rotatable bonds is 7. The highest BCUT2D eigenvalue weighted by atomic mass is 19.1. The molecule has 5 aromatic rings. The van der Waals surface area contributed by atoms with Gasteiger partial charge in [0.05, 0.1) is 23.0 Å². The Kier molecular flexibility index (Phi) is 6.66. The lowest BCUT2D eigenvalue weighted by atomic mass is 9.79. The average Bonchev–Trinajstić information content (AvgIpc) is 3.84. The predicted molar refractivity (Wildman–Crippen MR) is 173 cm³/mol. The minimum atomic E-state index is -0.444. The van der Waals surface area contributed by atoms with Crippen LogP contribution in [0.3, 0.4) is 0 Å². The van der Waals surface area contributed by atoms with Crippen molar-refractivity contribution in [2.24, 2.45) is 5.92 Å². The highest BCUT2D eigenvalue weighted by Gasteiger charge is 2.48. The van der Waals surface area contributed by atoms with Crippen LogP contribution >= 0.6 is 0 Å². The molecule has 2 aromatic carbocycles. The highest BCUT2D eigenvalue weighted by molar-refractivity contribution is 6.09. The first kappa shape index (κ1) is 28.5. The molecule has 1 saturated carbocycles. The zero-order chi connectivity index (χ0) is 31.1. The number of hydrogen-bond donors (Lipinski definition) is 2. The van der Waals surface area contributed by atoms with Crippen LogP contribution in [0, 0.1) is 42.7 Å². The SMILES string of the molecule is Cc1cc2c(-c3c(CCC#N)cc4c(nc(OC(C)[C@@H]5CCCN5C)c5cc(C)n([C@H]6[C@H]7CN[C@@H]6C7)c54)c3F)c[nH]c2cc1F. The van der Waals surface area contributed by atoms with Gasteiger partial charge in [0.2, 0.25) is 5.88 Å². The van der Waals surface area contributed by atoms with Gasteiger partial charge in [0.25, 0.3) is 0 Å². The summed E-state index contributed by atoms with van der Waals surface area (Å²) in [6.07, 6.45) is 5.56. The summed E-state index contributed by atoms with van der Waals surface area (Å²) in [7, 11) is 2.13. The number of halogens is 2. The van der Waals surface area contributed by atoms with E-state index in [1.807, 2.05) is 6.07 Å². The molecule has 4 aliphatic rings. The molecule has 0 amide bonds. The Morgan fingerprint density at radius 2 is 2.00 bits per heavy atom. The largest absolute Gasteiger partial charge is 0.472 e. The third-order valence-corrected chi connectivity index (χ3v) is 10.8. The van der Waals surface area contributed by atoms with E-state index in [-0.39, 0.29) is 35.9 Å². The molecule has 6 heterocycles. The summed E-state index contributed by atoms with van der Waals surface area (Å²) in [5.74, 6) is 0.224. The topological polar surface area (TPSA) is 81.9 Å². The summed E-state index contributed by atoms with van der Waals surface area (Å²) < 4.78 is 40.9. The van der Waals surface area contributed by atoms with Gasteiger partial charge in [-0.2, -0.15) is 5.26 Å². The van der Waals surface area contributed by atoms with E-state index in [9.17, 15) is 9.65 Å². The third-order valence-electron chi connectivity index (χ3n) is 10.8. The van der Waals surface area contributed by atoms with Crippen LogP contribution in [-0.4, -0.2) is 57.8 Å². The van der Waals surface area contributed by atoms with E-state index >= 15 is 4.39 Å². The molecule has 1 unspecified atom stereocenters. The van der Waals surface area contributed by atoms with Crippen molar-refractivity contribution in [2.45, 2.75) is 77.1 Å². The smallest absolute Gasteiger partial charge is 0.223 e. The van der Waals surface area contributed by atoms with Crippen LogP contribution in [0.25, 0.3) is 43.8 Å². The van der Waals surface area contributed by atoms with E-state index in [2.05, 4.69) is 52.8 Å². The molecule has 9 heteroatoms. The van der Waals surface area contributed by atoms with Crippen molar-refractivity contribution in [3.8, 4) is 23.1 Å². The Morgan fingerprint density at radius 1 is 1.16 bits per heavy atom. The van der Waals surface area contributed by atoms with Crippen molar-refractivity contribution in [3.05, 3.63) is 58.9 Å². The summed E-state index contributed by atoms with van der Waals surface area (Å²) in [5, 5.41) is 15.6. The van der Waals surface area contributed by atoms with Crippen LogP contribution < -0.4 is 10.1 Å². The van der Waals surface area contributed by atoms with Gasteiger partial charge in [-0.25, -0.2) is 13.8 Å². The maximum absolute atomic E-state index is 17.3. The van der Waals surface area contributed by atoms with E-state index in [0.717, 1.165) is 65.3 Å². The highest BCUT2D eigenvalue weighted by Crippen LogP contribution is 2.49. The number of aryl methyl sites for hydroxylation is 3. The normalized spacial score (nSPS) is 23.7. The van der Waals surface area contributed by atoms with Gasteiger partial charge in [0, 0.05) is 64.4 Å². The van der Waals surface area contributed by atoms with Gasteiger partial charge >= 0.3 is 0 Å². The monoisotopic (exact) mass is 608 g/mol. The van der Waals surface area contributed by atoms with Crippen LogP contribution in [0.1, 0.15) is 55.5 Å². The van der Waals surface area contributed by atoms with Gasteiger partial charge in [-0.15, -0.1) is 0 Å². The molecule has 1 aliphatic carbocycles. The number of aromatic nitrogens is 3. The molecule has 5 atom stereocenters. The van der Waals surface area contributed by atoms with E-state index in [4.69, 9.17) is 9.72 Å². The minimum absolute atomic E-state index is 0.125. The number of nitrogens with zero attached hydrogens (tertiary/aromatic N) is 4. The van der Waals surface area contributed by atoms with Gasteiger partial charge in [0.15, 0.2) is 5.82 Å². The Morgan fingerprint density at radius 3 is 2.71 bits per heavy atom. The fourth-order valence-corrected chi connectivity index (χ4v) is 8.47. The van der Waals surface area contributed by atoms with Crippen molar-refractivity contribution in [2.75, 3.05) is 20.1 Å². The fraction of sp³-hybridized carbons (Fsp3) is 0.444. The standard InChI is InChI=1S/C36H38F2N6O/c1-18-11-23-26(17-41-28(23)15-27(18)37)31-21(7-5-9-39)13-24-33(32(31)38)42-36(45-20(3)30-8-6-10-43(30)4)25-12-19(2)44(35(24)25)34-22-14-29(34)40-16-22/h11-13,15,17,20,22,29-30,34,40-41H,5-8,10,14,16H2,1-4H3/t20?,22-,29-,30+,34+/m1/s1. The van der Waals surface area contributed by atoms with E-state index < -0.39 is 5.82 Å². The average molecular weight is 609 g/mol. The molecule has 3 aromatic heterocycles. The van der Waals surface area contributed by atoms with Crippen molar-refractivity contribution in [1.29, 1.82) is 5.26 Å². The summed E-state index contributed by atoms with van der Waals surface area (Å²) >= 11 is 0. The van der Waals surface area contributed by atoms with Crippen molar-refractivity contribution in [1.82, 2.24) is 24.8 Å². The lowest BCUT2D eigenvalue weighted by molar-refractivity contribution is 0.119. The summed E-state index contributed by atoms with van der Waals surface area (Å²) in [4.78, 5) is 10.4. The summed E-state index contributed by atoms with van der Waals surface area (Å²) in [6, 6.07) is 10.6. The number of fused-ring (bicyclic) bond motifs is 5. The van der Waals surface area contributed by atoms with Crippen LogP contribution in [0.4, 0.5) is 8.78 Å². The second-order valence-electron chi connectivity index (χ2n) is 13.5. The summed E-state index contributed by atoms with van der Waals surface area (Å²) in [5.41, 5.74) is 5.17. The minimum Gasteiger partial charge on any atom is -0.472 e. The first-order valence-electron chi connectivity index (χ1n) is 16.2. The molecule has 3 saturated heterocycles. The molecule has 2 bridgehead atoms. The molecule has 0 spiro atoms. The number of nitrogens with one attached hydrogen (secondary N) is 2. The van der Waals surface area contributed by atoms with Gasteiger partial charge in [-0.05, 0) is 101 Å². The van der Waals surface area contributed by atoms with Crippen LogP contribution in [-0.2, 0) is 6.42 Å². The number of nitriles is 1. The number of aromatic amines is 1. The molecule has 3 aliphatic heterocycles. The third kappa shape index (κ3) is 4.29. The van der Waals surface area contributed by atoms with Crippen LogP contribution in [0.2, 0.25) is 0 Å². The number of H-pyrrole nitrogens is 1. The van der Waals surface area contributed by atoms with Crippen molar-refractivity contribution < 1.29 is 13.5 Å². The van der Waals surface area contributed by atoms with Gasteiger partial charge in [0.1, 0.15) is 17.4 Å². The Bertz CT molecular complexity index is 2030. The number of likely N-dealkylation sites (tertiary alicyclic amines) is 1. The maximum atomic E-state index is 17.3. The van der Waals surface area contributed by atoms with Gasteiger partial charge in [-0.1, -0.05) is 0 Å². The lowest BCUT2D eigenvalue weighted by Gasteiger charge is -2.37. The van der Waals surface area contributed by atoms with E-state index in [1.54, 1.807) is 19.2 Å². The van der Waals surface area contributed by atoms with Gasteiger partial charge in [-0.3, -0.25) is 4.90 Å². The number of hydrogen-bond acceptors (Lipinski definition) is 5. The second-order valence-corrected chi connectivity index (χ2v) is 13.5. The Labute approximate surface area is 261 Å². The molecule has 45 heavy (non-hydrogen) atoms. The zero-order valence-corrected chi connectivity index (χ0v) is 26.2. The predicted octanol–water partition coefficient (Wildman–Crippen LogP) is 7.08. The van der Waals surface area contributed by atoms with Crippen LogP contribution in [0.15, 0.2) is 30.5 Å². The first-order valence-corrected chi connectivity index (χ1v) is 16.2. The molecular formula is C36H38F2N6O. The molecule has 7 nitrogen and oxygen atoms in total. The van der Waals surface area contributed by atoms with Crippen molar-refractivity contribution >= 4 is 32.7 Å². The van der Waals surface area contributed by atoms with Crippen LogP contribution in [0.5, 0.6) is 5.88 Å². The van der Waals surface area contributed by atoms with Gasteiger partial charge < -0.3 is 19.6 Å². The van der Waals surface area contributed by atoms with Crippen molar-refractivity contribution in [3.63, 3.8) is 0 Å². The molecule has 2 N–H and O–H groups in total. The number of ether oxygens (including phenoxy) is 1. The number of likely N-dealkylation sites (N-methyl/N-ethyl adjacent to an activating group) is 1. The number of pyridine rings is 1. The number of benzene rings is 2. The molecule has 9 rings (SSSR count). The fourth-order valence-electron chi connectivity index (χ4n) is 8.47. The molecule has 4 fully saturated rings. The quantitative estimate of drug-likeness (QED) is 0.206. The maximum Gasteiger partial charge on any atom is 0.223 e. The van der Waals surface area contributed by atoms with E-state index in [0.29, 0.717) is 46.5 Å². The summed E-state index contributed by atoms with van der Waals surface area (Å²) in [6.45, 7) is 7.94. The molecule has 232 valence electrons. The zero-order valence-electron chi connectivity index (χ0n) is 26.2. The Balaban J connectivity index is 1.40. The molecular weight excluding hydrogens is 570 g/mol. The first-order chi connectivity index (χ1) is 21.7.